The summed E-state index contributed by atoms with van der Waals surface area (Å²) in [7, 11) is 1.51. The van der Waals surface area contributed by atoms with Gasteiger partial charge < -0.3 is 14.2 Å². The van der Waals surface area contributed by atoms with E-state index in [2.05, 4.69) is 6.58 Å². The Morgan fingerprint density at radius 2 is 1.93 bits per heavy atom. The molecule has 30 heavy (non-hydrogen) atoms. The van der Waals surface area contributed by atoms with Crippen molar-refractivity contribution in [2.75, 3.05) is 13.7 Å². The number of hydrogen-bond acceptors (Lipinski definition) is 6. The predicted octanol–water partition coefficient (Wildman–Crippen LogP) is 3.52. The van der Waals surface area contributed by atoms with E-state index >= 15 is 0 Å². The Morgan fingerprint density at radius 3 is 2.50 bits per heavy atom. The van der Waals surface area contributed by atoms with Crippen LogP contribution in [0.15, 0.2) is 43.0 Å². The number of allylic oxidation sites excluding steroid dienone is 1. The van der Waals surface area contributed by atoms with E-state index in [4.69, 9.17) is 14.2 Å². The van der Waals surface area contributed by atoms with Gasteiger partial charge in [0.2, 0.25) is 5.91 Å². The quantitative estimate of drug-likeness (QED) is 0.452. The van der Waals surface area contributed by atoms with Crippen molar-refractivity contribution in [1.82, 2.24) is 4.90 Å². The van der Waals surface area contributed by atoms with Gasteiger partial charge in [-0.3, -0.25) is 9.59 Å². The summed E-state index contributed by atoms with van der Waals surface area (Å²) in [5.74, 6) is -1.72. The molecule has 7 heteroatoms. The largest absolute Gasteiger partial charge is 0.460 e. The van der Waals surface area contributed by atoms with Gasteiger partial charge in [-0.05, 0) is 39.2 Å². The molecule has 1 aliphatic heterocycles. The molecule has 1 saturated heterocycles. The molecule has 0 bridgehead atoms. The summed E-state index contributed by atoms with van der Waals surface area (Å²) >= 11 is 0. The molecular weight excluding hydrogens is 386 g/mol. The summed E-state index contributed by atoms with van der Waals surface area (Å²) < 4.78 is 16.0. The van der Waals surface area contributed by atoms with Gasteiger partial charge in [-0.25, -0.2) is 9.69 Å². The lowest BCUT2D eigenvalue weighted by Gasteiger charge is -2.27. The molecule has 1 fully saturated rings. The lowest BCUT2D eigenvalue weighted by molar-refractivity contribution is -0.158. The summed E-state index contributed by atoms with van der Waals surface area (Å²) in [6.45, 7) is 9.14. The van der Waals surface area contributed by atoms with Crippen LogP contribution >= 0.6 is 0 Å². The van der Waals surface area contributed by atoms with Crippen molar-refractivity contribution in [2.24, 2.45) is 5.92 Å². The van der Waals surface area contributed by atoms with Gasteiger partial charge in [0.1, 0.15) is 11.7 Å². The second-order valence-electron chi connectivity index (χ2n) is 8.35. The first-order valence-electron chi connectivity index (χ1n) is 10.1. The summed E-state index contributed by atoms with van der Waals surface area (Å²) in [5, 5.41) is 0. The Bertz CT molecular complexity index is 755. The van der Waals surface area contributed by atoms with Crippen LogP contribution < -0.4 is 0 Å². The van der Waals surface area contributed by atoms with Crippen LogP contribution in [0.1, 0.15) is 39.2 Å². The number of esters is 1. The van der Waals surface area contributed by atoms with Gasteiger partial charge in [0, 0.05) is 7.11 Å². The molecule has 0 aromatic heterocycles. The number of ether oxygens (including phenoxy) is 3. The standard InChI is InChI=1S/C23H31NO6/c1-6-10-17(14-20(25)30-23(2,3)4)21(26)24-18(13-16-11-8-7-9-12-16)19(15-28-5)29-22(24)27/h6-9,11-12,17-19H,1,10,13-15H2,2-5H3/t17-,18-,19?/m1/s1. The number of carbonyl (C=O) groups is 3. The number of cyclic esters (lactones) is 1. The van der Waals surface area contributed by atoms with Crippen molar-refractivity contribution < 1.29 is 28.6 Å². The number of nitrogens with zero attached hydrogens (tertiary/aromatic N) is 1. The number of imide groups is 1. The van der Waals surface area contributed by atoms with E-state index in [9.17, 15) is 14.4 Å². The zero-order valence-electron chi connectivity index (χ0n) is 18.1. The zero-order valence-corrected chi connectivity index (χ0v) is 18.1. The van der Waals surface area contributed by atoms with E-state index in [1.165, 1.54) is 7.11 Å². The molecule has 0 saturated carbocycles. The second-order valence-corrected chi connectivity index (χ2v) is 8.35. The van der Waals surface area contributed by atoms with E-state index in [0.29, 0.717) is 6.42 Å². The van der Waals surface area contributed by atoms with Crippen molar-refractivity contribution in [1.29, 1.82) is 0 Å². The topological polar surface area (TPSA) is 82.1 Å². The van der Waals surface area contributed by atoms with Gasteiger partial charge in [-0.15, -0.1) is 6.58 Å². The van der Waals surface area contributed by atoms with Crippen LogP contribution in [0.5, 0.6) is 0 Å². The summed E-state index contributed by atoms with van der Waals surface area (Å²) in [6.07, 6.45) is 0.791. The Morgan fingerprint density at radius 1 is 1.27 bits per heavy atom. The SMILES string of the molecule is C=CC[C@H](CC(=O)OC(C)(C)C)C(=O)N1C(=O)OC(COC)[C@H]1Cc1ccccc1. The molecule has 1 aromatic carbocycles. The molecule has 1 unspecified atom stereocenters. The highest BCUT2D eigenvalue weighted by atomic mass is 16.6. The van der Waals surface area contributed by atoms with Crippen LogP contribution in [0.25, 0.3) is 0 Å². The van der Waals surface area contributed by atoms with Gasteiger partial charge in [-0.1, -0.05) is 36.4 Å². The molecule has 164 valence electrons. The third-order valence-electron chi connectivity index (χ3n) is 4.70. The Kier molecular flexibility index (Phi) is 8.17. The van der Waals surface area contributed by atoms with E-state index in [1.54, 1.807) is 26.8 Å². The fourth-order valence-electron chi connectivity index (χ4n) is 3.46. The van der Waals surface area contributed by atoms with Crippen LogP contribution in [-0.4, -0.2) is 54.3 Å². The summed E-state index contributed by atoms with van der Waals surface area (Å²) in [5.41, 5.74) is 0.303. The molecule has 0 aliphatic carbocycles. The number of carbonyl (C=O) groups excluding carboxylic acids is 3. The number of rotatable bonds is 9. The van der Waals surface area contributed by atoms with Crippen molar-refractivity contribution in [3.63, 3.8) is 0 Å². The minimum Gasteiger partial charge on any atom is -0.460 e. The van der Waals surface area contributed by atoms with Crippen molar-refractivity contribution >= 4 is 18.0 Å². The van der Waals surface area contributed by atoms with E-state index in [1.807, 2.05) is 30.3 Å². The molecule has 1 aliphatic rings. The molecule has 1 aromatic rings. The molecule has 0 radical (unpaired) electrons. The maximum Gasteiger partial charge on any atom is 0.417 e. The third-order valence-corrected chi connectivity index (χ3v) is 4.70. The van der Waals surface area contributed by atoms with Crippen molar-refractivity contribution in [3.05, 3.63) is 48.6 Å². The Labute approximate surface area is 178 Å². The number of amides is 2. The lowest BCUT2D eigenvalue weighted by atomic mass is 9.96. The zero-order chi connectivity index (χ0) is 22.3. The fourth-order valence-corrected chi connectivity index (χ4v) is 3.46. The number of methoxy groups -OCH3 is 1. The van der Waals surface area contributed by atoms with Gasteiger partial charge in [0.05, 0.1) is 25.0 Å². The Hall–Kier alpha value is -2.67. The first-order valence-corrected chi connectivity index (χ1v) is 10.1. The molecule has 2 amide bonds. The normalized spacial score (nSPS) is 19.9. The summed E-state index contributed by atoms with van der Waals surface area (Å²) in [6, 6.07) is 9.02. The molecule has 0 spiro atoms. The number of hydrogen-bond donors (Lipinski definition) is 0. The van der Waals surface area contributed by atoms with Crippen LogP contribution in [0.2, 0.25) is 0 Å². The lowest BCUT2D eigenvalue weighted by Crippen LogP contribution is -2.46. The highest BCUT2D eigenvalue weighted by Crippen LogP contribution is 2.28. The third kappa shape index (κ3) is 6.42. The van der Waals surface area contributed by atoms with Crippen LogP contribution in [-0.2, 0) is 30.2 Å². The average Bonchev–Trinajstić information content (AvgIpc) is 2.95. The minimum atomic E-state index is -0.760. The minimum absolute atomic E-state index is 0.140. The summed E-state index contributed by atoms with van der Waals surface area (Å²) in [4.78, 5) is 39.4. The molecule has 1 heterocycles. The van der Waals surface area contributed by atoms with Crippen LogP contribution in [0.4, 0.5) is 4.79 Å². The van der Waals surface area contributed by atoms with Gasteiger partial charge in [-0.2, -0.15) is 0 Å². The molecule has 3 atom stereocenters. The maximum absolute atomic E-state index is 13.3. The van der Waals surface area contributed by atoms with Crippen LogP contribution in [0.3, 0.4) is 0 Å². The first-order chi connectivity index (χ1) is 14.2. The van der Waals surface area contributed by atoms with E-state index < -0.39 is 41.6 Å². The van der Waals surface area contributed by atoms with Gasteiger partial charge in [0.25, 0.3) is 0 Å². The Balaban J connectivity index is 2.25. The van der Waals surface area contributed by atoms with Crippen molar-refractivity contribution in [3.8, 4) is 0 Å². The highest BCUT2D eigenvalue weighted by molar-refractivity contribution is 5.96. The first kappa shape index (κ1) is 23.6. The predicted molar refractivity (Wildman–Crippen MR) is 112 cm³/mol. The van der Waals surface area contributed by atoms with Crippen molar-refractivity contribution in [2.45, 2.75) is 57.8 Å². The van der Waals surface area contributed by atoms with Gasteiger partial charge >= 0.3 is 12.1 Å². The van der Waals surface area contributed by atoms with Gasteiger partial charge in [0.15, 0.2) is 0 Å². The smallest absolute Gasteiger partial charge is 0.417 e. The average molecular weight is 418 g/mol. The molecule has 7 nitrogen and oxygen atoms in total. The molecular formula is C23H31NO6. The number of benzene rings is 1. The second kappa shape index (κ2) is 10.4. The highest BCUT2D eigenvalue weighted by Gasteiger charge is 2.47. The fraction of sp³-hybridized carbons (Fsp3) is 0.522. The monoisotopic (exact) mass is 417 g/mol. The maximum atomic E-state index is 13.3. The molecule has 0 N–H and O–H groups in total. The van der Waals surface area contributed by atoms with E-state index in [0.717, 1.165) is 10.5 Å². The van der Waals surface area contributed by atoms with E-state index in [-0.39, 0.29) is 19.4 Å². The molecule has 2 rings (SSSR count). The van der Waals surface area contributed by atoms with Crippen LogP contribution in [0, 0.1) is 5.92 Å².